The highest BCUT2D eigenvalue weighted by molar-refractivity contribution is 7.98. The Morgan fingerprint density at radius 2 is 1.76 bits per heavy atom. The van der Waals surface area contributed by atoms with Crippen LogP contribution in [0.1, 0.15) is 11.1 Å². The largest absolute Gasteiger partial charge is 0.463 e. The van der Waals surface area contributed by atoms with Crippen molar-refractivity contribution >= 4 is 22.9 Å². The predicted molar refractivity (Wildman–Crippen MR) is 116 cm³/mol. The minimum absolute atomic E-state index is 0.809. The fourth-order valence-corrected chi connectivity index (χ4v) is 4.45. The zero-order valence-corrected chi connectivity index (χ0v) is 17.1. The lowest BCUT2D eigenvalue weighted by Crippen LogP contribution is -2.04. The summed E-state index contributed by atoms with van der Waals surface area (Å²) in [6, 6.07) is 22.7. The summed E-state index contributed by atoms with van der Waals surface area (Å²) in [5.41, 5.74) is 6.38. The van der Waals surface area contributed by atoms with Gasteiger partial charge in [-0.05, 0) is 24.1 Å². The van der Waals surface area contributed by atoms with Crippen molar-refractivity contribution in [2.45, 2.75) is 17.8 Å². The Balaban J connectivity index is 1.63. The van der Waals surface area contributed by atoms with Gasteiger partial charge in [0.15, 0.2) is 16.6 Å². The SMILES string of the molecule is Cc1ccccc1-n1c(SCc2ccccc2)nnc1-c1cc2occc2n1C. The van der Waals surface area contributed by atoms with Crippen molar-refractivity contribution in [1.29, 1.82) is 0 Å². The Morgan fingerprint density at radius 1 is 0.966 bits per heavy atom. The molecule has 144 valence electrons. The number of thioether (sulfide) groups is 1. The minimum Gasteiger partial charge on any atom is -0.463 e. The molecule has 0 saturated heterocycles. The van der Waals surface area contributed by atoms with E-state index in [1.807, 2.05) is 25.2 Å². The first kappa shape index (κ1) is 17.8. The maximum absolute atomic E-state index is 5.60. The first-order valence-electron chi connectivity index (χ1n) is 9.44. The Morgan fingerprint density at radius 3 is 2.55 bits per heavy atom. The summed E-state index contributed by atoms with van der Waals surface area (Å²) in [6.07, 6.45) is 1.71. The van der Waals surface area contributed by atoms with Crippen molar-refractivity contribution in [3.8, 4) is 17.2 Å². The number of hydrogen-bond acceptors (Lipinski definition) is 4. The topological polar surface area (TPSA) is 48.8 Å². The monoisotopic (exact) mass is 400 g/mol. The maximum atomic E-state index is 5.60. The van der Waals surface area contributed by atoms with Gasteiger partial charge in [0.05, 0.1) is 23.2 Å². The summed E-state index contributed by atoms with van der Waals surface area (Å²) in [5.74, 6) is 1.64. The molecule has 0 fully saturated rings. The second kappa shape index (κ2) is 7.29. The van der Waals surface area contributed by atoms with E-state index in [0.29, 0.717) is 0 Å². The molecule has 5 aromatic rings. The molecule has 0 aliphatic heterocycles. The fraction of sp³-hybridized carbons (Fsp3) is 0.130. The highest BCUT2D eigenvalue weighted by Crippen LogP contribution is 2.33. The van der Waals surface area contributed by atoms with Crippen LogP contribution in [0.15, 0.2) is 82.6 Å². The average molecular weight is 401 g/mol. The van der Waals surface area contributed by atoms with Crippen molar-refractivity contribution < 1.29 is 4.42 Å². The Hall–Kier alpha value is -3.25. The number of hydrogen-bond donors (Lipinski definition) is 0. The summed E-state index contributed by atoms with van der Waals surface area (Å²) in [7, 11) is 2.03. The van der Waals surface area contributed by atoms with Crippen LogP contribution in [0, 0.1) is 6.92 Å². The molecule has 3 heterocycles. The second-order valence-corrected chi connectivity index (χ2v) is 7.90. The number of para-hydroxylation sites is 1. The van der Waals surface area contributed by atoms with Gasteiger partial charge in [-0.3, -0.25) is 4.57 Å². The molecule has 0 aliphatic carbocycles. The van der Waals surface area contributed by atoms with E-state index >= 15 is 0 Å². The van der Waals surface area contributed by atoms with Gasteiger partial charge < -0.3 is 8.98 Å². The minimum atomic E-state index is 0.809. The molecular weight excluding hydrogens is 380 g/mol. The molecule has 5 rings (SSSR count). The number of fused-ring (bicyclic) bond motifs is 1. The molecule has 29 heavy (non-hydrogen) atoms. The average Bonchev–Trinajstić information content (AvgIpc) is 3.44. The van der Waals surface area contributed by atoms with Crippen LogP contribution in [-0.2, 0) is 12.8 Å². The smallest absolute Gasteiger partial charge is 0.196 e. The lowest BCUT2D eigenvalue weighted by Gasteiger charge is -2.13. The molecule has 6 heteroatoms. The van der Waals surface area contributed by atoms with Gasteiger partial charge in [0.2, 0.25) is 0 Å². The van der Waals surface area contributed by atoms with Crippen molar-refractivity contribution in [3.63, 3.8) is 0 Å². The molecule has 5 nitrogen and oxygen atoms in total. The van der Waals surface area contributed by atoms with Gasteiger partial charge in [-0.1, -0.05) is 60.3 Å². The molecule has 0 bridgehead atoms. The van der Waals surface area contributed by atoms with Gasteiger partial charge in [-0.25, -0.2) is 0 Å². The third-order valence-corrected chi connectivity index (χ3v) is 6.09. The number of nitrogens with zero attached hydrogens (tertiary/aromatic N) is 4. The van der Waals surface area contributed by atoms with E-state index in [1.54, 1.807) is 18.0 Å². The van der Waals surface area contributed by atoms with E-state index < -0.39 is 0 Å². The summed E-state index contributed by atoms with van der Waals surface area (Å²) in [6.45, 7) is 2.11. The lowest BCUT2D eigenvalue weighted by atomic mass is 10.2. The summed E-state index contributed by atoms with van der Waals surface area (Å²) < 4.78 is 9.85. The van der Waals surface area contributed by atoms with Gasteiger partial charge in [0.25, 0.3) is 0 Å². The molecule has 0 radical (unpaired) electrons. The summed E-state index contributed by atoms with van der Waals surface area (Å²) in [4.78, 5) is 0. The number of furan rings is 1. The summed E-state index contributed by atoms with van der Waals surface area (Å²) >= 11 is 1.69. The van der Waals surface area contributed by atoms with Crippen LogP contribution >= 0.6 is 11.8 Å². The number of benzene rings is 2. The van der Waals surface area contributed by atoms with Crippen molar-refractivity contribution in [3.05, 3.63) is 84.1 Å². The van der Waals surface area contributed by atoms with Crippen molar-refractivity contribution in [2.75, 3.05) is 0 Å². The van der Waals surface area contributed by atoms with Gasteiger partial charge in [0, 0.05) is 24.9 Å². The molecule has 0 unspecified atom stereocenters. The van der Waals surface area contributed by atoms with E-state index in [-0.39, 0.29) is 0 Å². The zero-order valence-electron chi connectivity index (χ0n) is 16.2. The van der Waals surface area contributed by atoms with Crippen LogP contribution in [0.3, 0.4) is 0 Å². The fourth-order valence-electron chi connectivity index (χ4n) is 3.55. The Kier molecular flexibility index (Phi) is 4.48. The van der Waals surface area contributed by atoms with Crippen molar-refractivity contribution in [2.24, 2.45) is 7.05 Å². The molecule has 0 amide bonds. The molecule has 3 aromatic heterocycles. The number of rotatable bonds is 5. The molecule has 0 atom stereocenters. The maximum Gasteiger partial charge on any atom is 0.196 e. The van der Waals surface area contributed by atoms with E-state index in [2.05, 4.69) is 74.8 Å². The van der Waals surface area contributed by atoms with E-state index in [4.69, 9.17) is 4.42 Å². The molecule has 0 N–H and O–H groups in total. The van der Waals surface area contributed by atoms with Crippen molar-refractivity contribution in [1.82, 2.24) is 19.3 Å². The molecule has 0 saturated carbocycles. The number of aryl methyl sites for hydroxylation is 2. The highest BCUT2D eigenvalue weighted by Gasteiger charge is 2.21. The van der Waals surface area contributed by atoms with Gasteiger partial charge >= 0.3 is 0 Å². The van der Waals surface area contributed by atoms with Crippen LogP contribution in [0.4, 0.5) is 0 Å². The summed E-state index contributed by atoms with van der Waals surface area (Å²) in [5, 5.41) is 10.0. The van der Waals surface area contributed by atoms with Crippen LogP contribution < -0.4 is 0 Å². The second-order valence-electron chi connectivity index (χ2n) is 6.96. The lowest BCUT2D eigenvalue weighted by molar-refractivity contribution is 0.616. The third-order valence-electron chi connectivity index (χ3n) is 5.09. The molecular formula is C23H20N4OS. The van der Waals surface area contributed by atoms with Gasteiger partial charge in [-0.15, -0.1) is 10.2 Å². The Labute approximate surface area is 173 Å². The number of aromatic nitrogens is 4. The van der Waals surface area contributed by atoms with Crippen LogP contribution in [-0.4, -0.2) is 19.3 Å². The molecule has 0 aliphatic rings. The third kappa shape index (κ3) is 3.15. The highest BCUT2D eigenvalue weighted by atomic mass is 32.2. The van der Waals surface area contributed by atoms with Gasteiger partial charge in [-0.2, -0.15) is 0 Å². The standard InChI is InChI=1S/C23H20N4OS/c1-16-8-6-7-11-18(16)27-22(20-14-21-19(26(20)2)12-13-28-21)24-25-23(27)29-15-17-9-4-3-5-10-17/h3-14H,15H2,1-2H3. The van der Waals surface area contributed by atoms with E-state index in [0.717, 1.165) is 39.2 Å². The van der Waals surface area contributed by atoms with E-state index in [9.17, 15) is 0 Å². The molecule has 2 aromatic carbocycles. The van der Waals surface area contributed by atoms with Crippen LogP contribution in [0.25, 0.3) is 28.3 Å². The first-order chi connectivity index (χ1) is 14.2. The predicted octanol–water partition coefficient (Wildman–Crippen LogP) is 5.62. The quantitative estimate of drug-likeness (QED) is 0.359. The van der Waals surface area contributed by atoms with E-state index in [1.165, 1.54) is 11.1 Å². The van der Waals surface area contributed by atoms with Gasteiger partial charge in [0.1, 0.15) is 0 Å². The van der Waals surface area contributed by atoms with Crippen LogP contribution in [0.2, 0.25) is 0 Å². The van der Waals surface area contributed by atoms with Crippen LogP contribution in [0.5, 0.6) is 0 Å². The molecule has 0 spiro atoms. The normalized spacial score (nSPS) is 11.4. The first-order valence-corrected chi connectivity index (χ1v) is 10.4. The Bertz CT molecular complexity index is 1280. The zero-order chi connectivity index (χ0) is 19.8.